The summed E-state index contributed by atoms with van der Waals surface area (Å²) in [6.07, 6.45) is 4.64. The van der Waals surface area contributed by atoms with E-state index in [2.05, 4.69) is 20.0 Å². The molecule has 0 radical (unpaired) electrons. The largest absolute Gasteiger partial charge is 0.461 e. The fourth-order valence-electron chi connectivity index (χ4n) is 8.73. The number of anilines is 1. The lowest BCUT2D eigenvalue weighted by Gasteiger charge is -2.38. The normalized spacial score (nSPS) is 27.3. The van der Waals surface area contributed by atoms with Gasteiger partial charge in [0.1, 0.15) is 29.8 Å². The first-order valence-electron chi connectivity index (χ1n) is 18.1. The van der Waals surface area contributed by atoms with Crippen LogP contribution in [0, 0.1) is 5.82 Å². The monoisotopic (exact) mass is 727 g/mol. The third kappa shape index (κ3) is 6.17. The molecule has 52 heavy (non-hydrogen) atoms. The number of pyridine rings is 1. The van der Waals surface area contributed by atoms with Crippen LogP contribution in [-0.2, 0) is 10.9 Å². The van der Waals surface area contributed by atoms with E-state index in [1.165, 1.54) is 29.2 Å². The van der Waals surface area contributed by atoms with Gasteiger partial charge in [0.2, 0.25) is 0 Å². The molecule has 3 aromatic heterocycles. The molecule has 1 unspecified atom stereocenters. The van der Waals surface area contributed by atoms with Crippen molar-refractivity contribution in [3.63, 3.8) is 0 Å². The van der Waals surface area contributed by atoms with Gasteiger partial charge in [0.25, 0.3) is 0 Å². The quantitative estimate of drug-likeness (QED) is 0.198. The maximum Gasteiger partial charge on any atom is 0.417 e. The summed E-state index contributed by atoms with van der Waals surface area (Å²) in [6, 6.07) is 0.904. The Morgan fingerprint density at radius 1 is 1.10 bits per heavy atom. The second-order valence-electron chi connectivity index (χ2n) is 15.0. The smallest absolute Gasteiger partial charge is 0.417 e. The van der Waals surface area contributed by atoms with E-state index in [9.17, 15) is 22.7 Å². The minimum Gasteiger partial charge on any atom is -0.461 e. The Kier molecular flexibility index (Phi) is 8.89. The number of nitrogens with zero attached hydrogens (tertiary/aromatic N) is 7. The highest BCUT2D eigenvalue weighted by molar-refractivity contribution is 6.02. The first-order chi connectivity index (χ1) is 24.9. The Hall–Kier alpha value is -3.95. The zero-order valence-corrected chi connectivity index (χ0v) is 29.2. The van der Waals surface area contributed by atoms with Gasteiger partial charge in [-0.25, -0.2) is 13.5 Å². The van der Waals surface area contributed by atoms with Crippen molar-refractivity contribution in [1.29, 1.82) is 0 Å². The fraction of sp³-hybridized carbons (Fsp3) is 0.568. The molecule has 4 fully saturated rings. The first-order valence-corrected chi connectivity index (χ1v) is 18.1. The van der Waals surface area contributed by atoms with Crippen molar-refractivity contribution >= 4 is 33.7 Å². The van der Waals surface area contributed by atoms with Crippen LogP contribution in [0.3, 0.4) is 0 Å². The molecular formula is C37H42F5N7O3. The molecule has 4 aromatic rings. The van der Waals surface area contributed by atoms with E-state index in [4.69, 9.17) is 14.5 Å². The minimum atomic E-state index is -4.79. The van der Waals surface area contributed by atoms with Crippen LogP contribution in [-0.4, -0.2) is 91.4 Å². The molecule has 0 amide bonds. The van der Waals surface area contributed by atoms with E-state index < -0.39 is 41.1 Å². The molecule has 0 spiro atoms. The number of allylic oxidation sites excluding steroid dienone is 1. The summed E-state index contributed by atoms with van der Waals surface area (Å²) in [5.74, 6) is -0.660. The molecule has 10 nitrogen and oxygen atoms in total. The predicted octanol–water partition coefficient (Wildman–Crippen LogP) is 7.24. The maximum atomic E-state index is 17.3. The van der Waals surface area contributed by atoms with Crippen molar-refractivity contribution in [2.45, 2.75) is 94.9 Å². The summed E-state index contributed by atoms with van der Waals surface area (Å²) in [7, 11) is 0. The van der Waals surface area contributed by atoms with E-state index in [0.29, 0.717) is 51.2 Å². The second kappa shape index (κ2) is 13.2. The average molecular weight is 728 g/mol. The van der Waals surface area contributed by atoms with E-state index in [1.807, 2.05) is 4.90 Å². The summed E-state index contributed by atoms with van der Waals surface area (Å²) in [4.78, 5) is 17.6. The molecule has 1 N–H and O–H groups in total. The van der Waals surface area contributed by atoms with E-state index in [-0.39, 0.29) is 57.8 Å². The molecular weight excluding hydrogens is 685 g/mol. The number of ether oxygens (including phenoxy) is 2. The van der Waals surface area contributed by atoms with Crippen LogP contribution in [0.2, 0.25) is 0 Å². The van der Waals surface area contributed by atoms with Crippen LogP contribution >= 0.6 is 0 Å². The highest BCUT2D eigenvalue weighted by Gasteiger charge is 2.49. The third-order valence-corrected chi connectivity index (χ3v) is 11.1. The molecule has 0 bridgehead atoms. The minimum absolute atomic E-state index is 0.0756. The molecule has 0 saturated carbocycles. The number of fused-ring (bicyclic) bond motifs is 3. The molecule has 278 valence electrons. The van der Waals surface area contributed by atoms with Crippen molar-refractivity contribution in [3.8, 4) is 17.3 Å². The summed E-state index contributed by atoms with van der Waals surface area (Å²) in [6.45, 7) is 5.65. The molecule has 4 aliphatic heterocycles. The Morgan fingerprint density at radius 3 is 2.67 bits per heavy atom. The number of piperidine rings is 1. The van der Waals surface area contributed by atoms with Crippen molar-refractivity contribution in [2.24, 2.45) is 0 Å². The van der Waals surface area contributed by atoms with Gasteiger partial charge in [-0.2, -0.15) is 28.2 Å². The lowest BCUT2D eigenvalue weighted by Crippen LogP contribution is -2.46. The fourth-order valence-corrected chi connectivity index (χ4v) is 8.73. The number of alkyl halides is 4. The lowest BCUT2D eigenvalue weighted by atomic mass is 9.93. The highest BCUT2D eigenvalue weighted by Crippen LogP contribution is 2.45. The lowest BCUT2D eigenvalue weighted by molar-refractivity contribution is -0.137. The van der Waals surface area contributed by atoms with Crippen LogP contribution in [0.1, 0.15) is 82.6 Å². The van der Waals surface area contributed by atoms with Gasteiger partial charge in [-0.3, -0.25) is 9.88 Å². The first kappa shape index (κ1) is 35.1. The number of hydrogen-bond donors (Lipinski definition) is 1. The predicted molar refractivity (Wildman–Crippen MR) is 185 cm³/mol. The second-order valence-corrected chi connectivity index (χ2v) is 15.0. The van der Waals surface area contributed by atoms with Crippen molar-refractivity contribution < 1.29 is 36.5 Å². The van der Waals surface area contributed by atoms with Crippen molar-refractivity contribution in [2.75, 3.05) is 44.3 Å². The SMILES string of the molecule is C/C=C\c1c(C(F)(F)F)cc2c(cnn2C2CCCCO2)c1-c1ncc2c(N3CCC[C@@](C)(O)C3)nc(OC[C@@]34CCCN3C[C@H](F)C4)nc2c1F. The van der Waals surface area contributed by atoms with Gasteiger partial charge in [0.15, 0.2) is 12.0 Å². The standard InChI is InChI=1S/C37H42F5N7O3/c1-3-8-23-26(37(40,41)42)15-27-24(18-44-49(27)28-9-4-5-14-51-28)29(23)32-30(39)31-25(17-43-32)33(47-12-6-10-35(2,50)20-47)46-34(45-31)52-21-36-11-7-13-48(36)19-22(38)16-36/h3,8,15,17-18,22,28,50H,4-7,9-14,16,19-21H2,1-2H3/b8-3-/t22-,28?,35-,36+/m1/s1. The van der Waals surface area contributed by atoms with Crippen LogP contribution < -0.4 is 9.64 Å². The maximum absolute atomic E-state index is 17.3. The number of aliphatic hydroxyl groups is 1. The van der Waals surface area contributed by atoms with Crippen LogP contribution in [0.25, 0.3) is 39.1 Å². The number of hydrogen-bond acceptors (Lipinski definition) is 9. The number of rotatable bonds is 7. The van der Waals surface area contributed by atoms with E-state index in [1.54, 1.807) is 13.8 Å². The van der Waals surface area contributed by atoms with Gasteiger partial charge >= 0.3 is 12.2 Å². The Bertz CT molecular complexity index is 2030. The van der Waals surface area contributed by atoms with Gasteiger partial charge in [-0.05, 0) is 77.0 Å². The molecule has 0 aliphatic carbocycles. The molecule has 8 rings (SSSR count). The third-order valence-electron chi connectivity index (χ3n) is 11.1. The number of halogens is 5. The summed E-state index contributed by atoms with van der Waals surface area (Å²) in [5.41, 5.74) is -3.23. The number of aromatic nitrogens is 5. The number of benzene rings is 1. The Morgan fingerprint density at radius 2 is 1.92 bits per heavy atom. The summed E-state index contributed by atoms with van der Waals surface area (Å²) >= 11 is 0. The zero-order valence-electron chi connectivity index (χ0n) is 29.2. The van der Waals surface area contributed by atoms with E-state index >= 15 is 4.39 Å². The average Bonchev–Trinajstić information content (AvgIpc) is 3.79. The van der Waals surface area contributed by atoms with E-state index in [0.717, 1.165) is 38.3 Å². The molecule has 1 aromatic carbocycles. The Balaban J connectivity index is 1.31. The Labute approximate surface area is 297 Å². The van der Waals surface area contributed by atoms with Gasteiger partial charge in [0, 0.05) is 49.8 Å². The topological polar surface area (TPSA) is 102 Å². The molecule has 4 atom stereocenters. The van der Waals surface area contributed by atoms with Crippen LogP contribution in [0.15, 0.2) is 24.5 Å². The molecule has 15 heteroatoms. The zero-order chi connectivity index (χ0) is 36.4. The molecule has 7 heterocycles. The van der Waals surface area contributed by atoms with Crippen molar-refractivity contribution in [3.05, 3.63) is 41.5 Å². The summed E-state index contributed by atoms with van der Waals surface area (Å²) < 4.78 is 89.9. The van der Waals surface area contributed by atoms with Gasteiger partial charge in [-0.15, -0.1) is 0 Å². The van der Waals surface area contributed by atoms with Gasteiger partial charge in [0.05, 0.1) is 33.8 Å². The van der Waals surface area contributed by atoms with Crippen LogP contribution in [0.4, 0.5) is 27.8 Å². The number of β-amino-alcohol motifs (C(OH)–C–C–N with tert-alkyl or cyclic N) is 1. The molecule has 4 saturated heterocycles. The highest BCUT2D eigenvalue weighted by atomic mass is 19.4. The van der Waals surface area contributed by atoms with Gasteiger partial charge < -0.3 is 19.5 Å². The van der Waals surface area contributed by atoms with Crippen molar-refractivity contribution in [1.82, 2.24) is 29.6 Å². The molecule has 4 aliphatic rings. The van der Waals surface area contributed by atoms with Gasteiger partial charge in [-0.1, -0.05) is 12.2 Å². The van der Waals surface area contributed by atoms with Crippen LogP contribution in [0.5, 0.6) is 6.01 Å². The summed E-state index contributed by atoms with van der Waals surface area (Å²) in [5, 5.41) is 15.9.